The van der Waals surface area contributed by atoms with Crippen LogP contribution in [0.15, 0.2) is 39.7 Å². The van der Waals surface area contributed by atoms with Crippen LogP contribution in [0, 0.1) is 10.1 Å². The number of furan rings is 1. The Balaban J connectivity index is 1.83. The zero-order chi connectivity index (χ0) is 20.4. The van der Waals surface area contributed by atoms with Gasteiger partial charge in [0.2, 0.25) is 5.76 Å². The topological polar surface area (TPSA) is 120 Å². The molecule has 2 aromatic rings. The molecule has 0 aliphatic carbocycles. The van der Waals surface area contributed by atoms with Gasteiger partial charge in [-0.2, -0.15) is 0 Å². The fourth-order valence-electron chi connectivity index (χ4n) is 2.36. The summed E-state index contributed by atoms with van der Waals surface area (Å²) in [6.07, 6.45) is 1.32. The van der Waals surface area contributed by atoms with Crippen molar-refractivity contribution in [3.63, 3.8) is 0 Å². The van der Waals surface area contributed by atoms with Gasteiger partial charge in [0.15, 0.2) is 0 Å². The van der Waals surface area contributed by atoms with E-state index in [1.165, 1.54) is 43.5 Å². The molecule has 0 saturated carbocycles. The van der Waals surface area contributed by atoms with Gasteiger partial charge in [0.25, 0.3) is 16.8 Å². The predicted molar refractivity (Wildman–Crippen MR) is 99.7 cm³/mol. The van der Waals surface area contributed by atoms with Crippen molar-refractivity contribution in [2.24, 2.45) is 0 Å². The molecule has 0 radical (unpaired) electrons. The average molecular weight is 423 g/mol. The van der Waals surface area contributed by atoms with E-state index in [9.17, 15) is 24.5 Å². The van der Waals surface area contributed by atoms with E-state index in [0.29, 0.717) is 11.8 Å². The molecule has 2 amide bonds. The van der Waals surface area contributed by atoms with Crippen molar-refractivity contribution in [3.05, 3.63) is 67.5 Å². The highest BCUT2D eigenvalue weighted by atomic mass is 35.5. The van der Waals surface area contributed by atoms with Gasteiger partial charge in [-0.25, -0.2) is 4.79 Å². The summed E-state index contributed by atoms with van der Waals surface area (Å²) >= 11 is 6.70. The van der Waals surface area contributed by atoms with Crippen LogP contribution < -0.4 is 0 Å². The number of amides is 2. The molecule has 28 heavy (non-hydrogen) atoms. The third kappa shape index (κ3) is 3.92. The molecule has 0 bridgehead atoms. The number of halogens is 1. The van der Waals surface area contributed by atoms with E-state index in [1.54, 1.807) is 0 Å². The first kappa shape index (κ1) is 19.6. The summed E-state index contributed by atoms with van der Waals surface area (Å²) in [5.41, 5.74) is 0.0492. The quantitative estimate of drug-likeness (QED) is 0.308. The molecule has 1 aromatic heterocycles. The van der Waals surface area contributed by atoms with E-state index in [1.807, 2.05) is 0 Å². The lowest BCUT2D eigenvalue weighted by Gasteiger charge is -2.09. The maximum absolute atomic E-state index is 12.6. The second kappa shape index (κ2) is 7.87. The fourth-order valence-corrected chi connectivity index (χ4v) is 3.36. The first-order valence-corrected chi connectivity index (χ1v) is 8.86. The Bertz CT molecular complexity index is 1030. The van der Waals surface area contributed by atoms with Crippen molar-refractivity contribution < 1.29 is 28.5 Å². The number of imide groups is 1. The van der Waals surface area contributed by atoms with Crippen molar-refractivity contribution in [3.8, 4) is 0 Å². The SMILES string of the molecule is COC(=O)c1ccc(CN2C(=O)SC(=Cc3cc([N+](=O)[O-])ccc3Cl)C2=O)o1. The molecule has 11 heteroatoms. The summed E-state index contributed by atoms with van der Waals surface area (Å²) in [4.78, 5) is 47.5. The highest BCUT2D eigenvalue weighted by Crippen LogP contribution is 2.35. The van der Waals surface area contributed by atoms with Gasteiger partial charge in [0.1, 0.15) is 5.76 Å². The number of non-ortho nitro benzene ring substituents is 1. The summed E-state index contributed by atoms with van der Waals surface area (Å²) in [5.74, 6) is -1.12. The number of hydrogen-bond donors (Lipinski definition) is 0. The van der Waals surface area contributed by atoms with E-state index >= 15 is 0 Å². The number of rotatable bonds is 5. The van der Waals surface area contributed by atoms with Crippen LogP contribution in [0.3, 0.4) is 0 Å². The smallest absolute Gasteiger partial charge is 0.373 e. The number of benzene rings is 1. The Morgan fingerprint density at radius 2 is 2.11 bits per heavy atom. The first-order valence-electron chi connectivity index (χ1n) is 7.66. The molecule has 1 saturated heterocycles. The Labute approximate surface area is 167 Å². The minimum atomic E-state index is -0.680. The number of carbonyl (C=O) groups excluding carboxylic acids is 3. The van der Waals surface area contributed by atoms with Gasteiger partial charge in [-0.15, -0.1) is 0 Å². The summed E-state index contributed by atoms with van der Waals surface area (Å²) in [6.45, 7) is -0.179. The van der Waals surface area contributed by atoms with E-state index in [4.69, 9.17) is 16.0 Å². The maximum Gasteiger partial charge on any atom is 0.373 e. The number of thioether (sulfide) groups is 1. The van der Waals surface area contributed by atoms with Crippen LogP contribution in [-0.2, 0) is 16.1 Å². The van der Waals surface area contributed by atoms with Crippen molar-refractivity contribution >= 4 is 52.2 Å². The van der Waals surface area contributed by atoms with Crippen LogP contribution in [0.2, 0.25) is 5.02 Å². The molecule has 3 rings (SSSR count). The third-order valence-electron chi connectivity index (χ3n) is 3.71. The molecular formula is C17H11ClN2O7S. The number of esters is 1. The molecule has 9 nitrogen and oxygen atoms in total. The number of nitro benzene ring substituents is 1. The standard InChI is InChI=1S/C17H11ClN2O7S/c1-26-16(22)13-5-3-11(27-13)8-19-15(21)14(28-17(19)23)7-9-6-10(20(24)25)2-4-12(9)18/h2-7H,8H2,1H3. The Morgan fingerprint density at radius 1 is 1.36 bits per heavy atom. The van der Waals surface area contributed by atoms with Crippen LogP contribution in [0.25, 0.3) is 6.08 Å². The van der Waals surface area contributed by atoms with Crippen molar-refractivity contribution in [2.75, 3.05) is 7.11 Å². The molecule has 1 aromatic carbocycles. The second-order valence-electron chi connectivity index (χ2n) is 5.49. The van der Waals surface area contributed by atoms with Crippen LogP contribution in [0.4, 0.5) is 10.5 Å². The highest BCUT2D eigenvalue weighted by Gasteiger charge is 2.36. The molecule has 1 fully saturated rings. The zero-order valence-corrected chi connectivity index (χ0v) is 15.8. The van der Waals surface area contributed by atoms with Gasteiger partial charge in [0, 0.05) is 22.7 Å². The largest absolute Gasteiger partial charge is 0.463 e. The summed E-state index contributed by atoms with van der Waals surface area (Å²) in [6, 6.07) is 6.62. The number of hydrogen-bond acceptors (Lipinski definition) is 8. The predicted octanol–water partition coefficient (Wildman–Crippen LogP) is 3.86. The van der Waals surface area contributed by atoms with E-state index in [0.717, 1.165) is 4.90 Å². The number of methoxy groups -OCH3 is 1. The van der Waals surface area contributed by atoms with Crippen molar-refractivity contribution in [2.45, 2.75) is 6.54 Å². The summed E-state index contributed by atoms with van der Waals surface area (Å²) in [5, 5.41) is 10.6. The van der Waals surface area contributed by atoms with Crippen molar-refractivity contribution in [1.82, 2.24) is 4.90 Å². The molecule has 2 heterocycles. The zero-order valence-electron chi connectivity index (χ0n) is 14.2. The fraction of sp³-hybridized carbons (Fsp3) is 0.118. The van der Waals surface area contributed by atoms with E-state index in [-0.39, 0.29) is 39.2 Å². The first-order chi connectivity index (χ1) is 13.3. The van der Waals surface area contributed by atoms with Crippen LogP contribution >= 0.6 is 23.4 Å². The van der Waals surface area contributed by atoms with Crippen LogP contribution in [-0.4, -0.2) is 34.0 Å². The average Bonchev–Trinajstić information content (AvgIpc) is 3.23. The van der Waals surface area contributed by atoms with Gasteiger partial charge >= 0.3 is 5.97 Å². The summed E-state index contributed by atoms with van der Waals surface area (Å²) < 4.78 is 9.79. The molecule has 144 valence electrons. The Morgan fingerprint density at radius 3 is 2.79 bits per heavy atom. The number of nitrogens with zero attached hydrogens (tertiary/aromatic N) is 2. The third-order valence-corrected chi connectivity index (χ3v) is 4.96. The minimum Gasteiger partial charge on any atom is -0.463 e. The maximum atomic E-state index is 12.6. The lowest BCUT2D eigenvalue weighted by molar-refractivity contribution is -0.384. The Hall–Kier alpha value is -3.11. The lowest BCUT2D eigenvalue weighted by atomic mass is 10.2. The number of nitro groups is 1. The normalized spacial score (nSPS) is 15.4. The van der Waals surface area contributed by atoms with Gasteiger partial charge in [-0.3, -0.25) is 24.6 Å². The molecule has 0 unspecified atom stereocenters. The van der Waals surface area contributed by atoms with Crippen LogP contribution in [0.5, 0.6) is 0 Å². The molecule has 1 aliphatic rings. The van der Waals surface area contributed by atoms with E-state index in [2.05, 4.69) is 4.74 Å². The molecule has 1 aliphatic heterocycles. The van der Waals surface area contributed by atoms with Gasteiger partial charge < -0.3 is 9.15 Å². The Kier molecular flexibility index (Phi) is 5.52. The van der Waals surface area contributed by atoms with Crippen LogP contribution in [0.1, 0.15) is 21.9 Å². The minimum absolute atomic E-state index is 0.0524. The molecule has 0 atom stereocenters. The lowest BCUT2D eigenvalue weighted by Crippen LogP contribution is -2.27. The van der Waals surface area contributed by atoms with E-state index < -0.39 is 22.0 Å². The molecular weight excluding hydrogens is 412 g/mol. The monoisotopic (exact) mass is 422 g/mol. The van der Waals surface area contributed by atoms with Gasteiger partial charge in [0.05, 0.1) is 23.5 Å². The molecule has 0 N–H and O–H groups in total. The summed E-state index contributed by atoms with van der Waals surface area (Å²) in [7, 11) is 1.20. The van der Waals surface area contributed by atoms with Gasteiger partial charge in [-0.05, 0) is 36.0 Å². The van der Waals surface area contributed by atoms with Gasteiger partial charge in [-0.1, -0.05) is 11.6 Å². The second-order valence-corrected chi connectivity index (χ2v) is 6.89. The number of carbonyl (C=O) groups is 3. The number of ether oxygens (including phenoxy) is 1. The molecule has 0 spiro atoms. The van der Waals surface area contributed by atoms with Crippen molar-refractivity contribution in [1.29, 1.82) is 0 Å². The highest BCUT2D eigenvalue weighted by molar-refractivity contribution is 8.18.